The third-order valence-electron chi connectivity index (χ3n) is 6.17. The molecule has 8 heteroatoms. The molecule has 2 aliphatic heterocycles. The molecule has 0 spiro atoms. The van der Waals surface area contributed by atoms with E-state index in [1.807, 2.05) is 24.3 Å². The highest BCUT2D eigenvalue weighted by Gasteiger charge is 2.35. The molecule has 1 amide bonds. The van der Waals surface area contributed by atoms with Crippen molar-refractivity contribution in [2.75, 3.05) is 46.3 Å². The first-order valence-electron chi connectivity index (χ1n) is 10.3. The SMILES string of the molecule is CN1CCN([C@H]2CCN(C(=O)CCc3cnn(C)c3)C[C@H]2CCC(=O)O)CC1. The highest BCUT2D eigenvalue weighted by Crippen LogP contribution is 2.27. The smallest absolute Gasteiger partial charge is 0.303 e. The molecule has 2 saturated heterocycles. The lowest BCUT2D eigenvalue weighted by Crippen LogP contribution is -2.57. The molecule has 156 valence electrons. The fraction of sp³-hybridized carbons (Fsp3) is 0.750. The van der Waals surface area contributed by atoms with Crippen molar-refractivity contribution in [1.82, 2.24) is 24.5 Å². The lowest BCUT2D eigenvalue weighted by molar-refractivity contribution is -0.138. The van der Waals surface area contributed by atoms with Gasteiger partial charge in [0.25, 0.3) is 0 Å². The van der Waals surface area contributed by atoms with Crippen molar-refractivity contribution in [3.8, 4) is 0 Å². The number of hydrogen-bond acceptors (Lipinski definition) is 5. The number of amides is 1. The third-order valence-corrected chi connectivity index (χ3v) is 6.17. The van der Waals surface area contributed by atoms with Gasteiger partial charge in [0.1, 0.15) is 0 Å². The summed E-state index contributed by atoms with van der Waals surface area (Å²) in [5, 5.41) is 13.3. The Morgan fingerprint density at radius 3 is 2.54 bits per heavy atom. The van der Waals surface area contributed by atoms with Crippen LogP contribution in [0.3, 0.4) is 0 Å². The number of nitrogens with zero attached hydrogens (tertiary/aromatic N) is 5. The van der Waals surface area contributed by atoms with Gasteiger partial charge in [0, 0.05) is 71.4 Å². The maximum Gasteiger partial charge on any atom is 0.303 e. The third kappa shape index (κ3) is 5.54. The van der Waals surface area contributed by atoms with Crippen LogP contribution in [0.5, 0.6) is 0 Å². The monoisotopic (exact) mass is 391 g/mol. The van der Waals surface area contributed by atoms with E-state index in [0.29, 0.717) is 31.8 Å². The van der Waals surface area contributed by atoms with Gasteiger partial charge in [0.2, 0.25) is 5.91 Å². The highest BCUT2D eigenvalue weighted by molar-refractivity contribution is 5.76. The number of aliphatic carboxylic acids is 1. The average molecular weight is 392 g/mol. The van der Waals surface area contributed by atoms with Crippen LogP contribution in [0.4, 0.5) is 0 Å². The number of carbonyl (C=O) groups is 2. The molecule has 8 nitrogen and oxygen atoms in total. The summed E-state index contributed by atoms with van der Waals surface area (Å²) in [6.07, 6.45) is 6.68. The number of likely N-dealkylation sites (N-methyl/N-ethyl adjacent to an activating group) is 1. The number of aromatic nitrogens is 2. The summed E-state index contributed by atoms with van der Waals surface area (Å²) >= 11 is 0. The fourth-order valence-corrected chi connectivity index (χ4v) is 4.48. The molecule has 0 unspecified atom stereocenters. The molecule has 2 atom stereocenters. The maximum atomic E-state index is 12.7. The predicted molar refractivity (Wildman–Crippen MR) is 106 cm³/mol. The van der Waals surface area contributed by atoms with Crippen molar-refractivity contribution < 1.29 is 14.7 Å². The number of carbonyl (C=O) groups excluding carboxylic acids is 1. The van der Waals surface area contributed by atoms with E-state index < -0.39 is 5.97 Å². The summed E-state index contributed by atoms with van der Waals surface area (Å²) in [4.78, 5) is 30.7. The second-order valence-corrected chi connectivity index (χ2v) is 8.25. The Bertz CT molecular complexity index is 669. The van der Waals surface area contributed by atoms with Crippen LogP contribution in [0.1, 0.15) is 31.2 Å². The van der Waals surface area contributed by atoms with E-state index in [4.69, 9.17) is 5.11 Å². The highest BCUT2D eigenvalue weighted by atomic mass is 16.4. The minimum absolute atomic E-state index is 0.168. The van der Waals surface area contributed by atoms with Crippen molar-refractivity contribution in [3.63, 3.8) is 0 Å². The Balaban J connectivity index is 1.57. The summed E-state index contributed by atoms with van der Waals surface area (Å²) in [6, 6.07) is 0.385. The largest absolute Gasteiger partial charge is 0.481 e. The number of likely N-dealkylation sites (tertiary alicyclic amines) is 1. The molecule has 0 bridgehead atoms. The zero-order chi connectivity index (χ0) is 20.1. The van der Waals surface area contributed by atoms with Crippen molar-refractivity contribution in [2.45, 2.75) is 38.1 Å². The second kappa shape index (κ2) is 9.52. The van der Waals surface area contributed by atoms with Gasteiger partial charge in [-0.25, -0.2) is 0 Å². The molecule has 2 fully saturated rings. The summed E-state index contributed by atoms with van der Waals surface area (Å²) in [6.45, 7) is 5.60. The van der Waals surface area contributed by atoms with Crippen LogP contribution in [-0.2, 0) is 23.1 Å². The van der Waals surface area contributed by atoms with E-state index in [0.717, 1.165) is 44.7 Å². The number of piperidine rings is 1. The van der Waals surface area contributed by atoms with Gasteiger partial charge in [-0.15, -0.1) is 0 Å². The first-order valence-corrected chi connectivity index (χ1v) is 10.3. The summed E-state index contributed by atoms with van der Waals surface area (Å²) < 4.78 is 1.75. The van der Waals surface area contributed by atoms with Crippen LogP contribution in [0.15, 0.2) is 12.4 Å². The van der Waals surface area contributed by atoms with Gasteiger partial charge in [-0.05, 0) is 37.8 Å². The Labute approximate surface area is 167 Å². The number of carboxylic acids is 1. The number of aryl methyl sites for hydroxylation is 2. The van der Waals surface area contributed by atoms with Crippen molar-refractivity contribution >= 4 is 11.9 Å². The van der Waals surface area contributed by atoms with E-state index in [2.05, 4.69) is 21.9 Å². The molecule has 3 rings (SSSR count). The van der Waals surface area contributed by atoms with Crippen LogP contribution in [0, 0.1) is 5.92 Å². The van der Waals surface area contributed by atoms with Crippen LogP contribution in [0.25, 0.3) is 0 Å². The Kier molecular flexibility index (Phi) is 7.07. The molecular weight excluding hydrogens is 358 g/mol. The zero-order valence-electron chi connectivity index (χ0n) is 17.1. The van der Waals surface area contributed by atoms with E-state index in [9.17, 15) is 9.59 Å². The minimum atomic E-state index is -0.753. The zero-order valence-corrected chi connectivity index (χ0v) is 17.1. The molecule has 1 aromatic rings. The van der Waals surface area contributed by atoms with E-state index in [1.54, 1.807) is 4.68 Å². The van der Waals surface area contributed by atoms with Gasteiger partial charge < -0.3 is 14.9 Å². The molecule has 0 saturated carbocycles. The molecular formula is C20H33N5O3. The Morgan fingerprint density at radius 1 is 1.14 bits per heavy atom. The number of rotatable bonds is 7. The summed E-state index contributed by atoms with van der Waals surface area (Å²) in [7, 11) is 4.02. The van der Waals surface area contributed by atoms with E-state index >= 15 is 0 Å². The molecule has 28 heavy (non-hydrogen) atoms. The maximum absolute atomic E-state index is 12.7. The topological polar surface area (TPSA) is 81.9 Å². The molecule has 1 aromatic heterocycles. The standard InChI is InChI=1S/C20H33N5O3/c1-22-9-11-24(12-10-22)18-7-8-25(15-17(18)4-6-20(27)28)19(26)5-3-16-13-21-23(2)14-16/h13-14,17-18H,3-12,15H2,1-2H3,(H,27,28)/t17-,18+/m1/s1. The molecule has 1 N–H and O–H groups in total. The quantitative estimate of drug-likeness (QED) is 0.736. The summed E-state index contributed by atoms with van der Waals surface area (Å²) in [5.74, 6) is -0.353. The fourth-order valence-electron chi connectivity index (χ4n) is 4.48. The van der Waals surface area contributed by atoms with Crippen molar-refractivity contribution in [3.05, 3.63) is 18.0 Å². The average Bonchev–Trinajstić information content (AvgIpc) is 3.10. The molecule has 2 aliphatic rings. The molecule has 3 heterocycles. The minimum Gasteiger partial charge on any atom is -0.481 e. The van der Waals surface area contributed by atoms with Crippen molar-refractivity contribution in [1.29, 1.82) is 0 Å². The number of hydrogen-bond donors (Lipinski definition) is 1. The van der Waals surface area contributed by atoms with Gasteiger partial charge in [-0.3, -0.25) is 19.2 Å². The van der Waals surface area contributed by atoms with Gasteiger partial charge in [0.15, 0.2) is 0 Å². The van der Waals surface area contributed by atoms with Gasteiger partial charge in [-0.1, -0.05) is 0 Å². The molecule has 0 radical (unpaired) electrons. The molecule has 0 aromatic carbocycles. The van der Waals surface area contributed by atoms with Crippen molar-refractivity contribution in [2.24, 2.45) is 13.0 Å². The first kappa shape index (κ1) is 20.8. The predicted octanol–water partition coefficient (Wildman–Crippen LogP) is 0.682. The lowest BCUT2D eigenvalue weighted by Gasteiger charge is -2.46. The van der Waals surface area contributed by atoms with Crippen LogP contribution in [0.2, 0.25) is 0 Å². The number of piperazine rings is 1. The van der Waals surface area contributed by atoms with Crippen LogP contribution in [-0.4, -0.2) is 93.8 Å². The van der Waals surface area contributed by atoms with Gasteiger partial charge >= 0.3 is 5.97 Å². The van der Waals surface area contributed by atoms with Crippen LogP contribution < -0.4 is 0 Å². The normalized spacial score (nSPS) is 24.4. The number of carboxylic acid groups (broad SMARTS) is 1. The Morgan fingerprint density at radius 2 is 1.89 bits per heavy atom. The summed E-state index contributed by atoms with van der Waals surface area (Å²) in [5.41, 5.74) is 1.07. The lowest BCUT2D eigenvalue weighted by atomic mass is 9.86. The first-order chi connectivity index (χ1) is 13.4. The molecule has 0 aliphatic carbocycles. The van der Waals surface area contributed by atoms with Gasteiger partial charge in [0.05, 0.1) is 6.20 Å². The van der Waals surface area contributed by atoms with E-state index in [-0.39, 0.29) is 18.2 Å². The van der Waals surface area contributed by atoms with E-state index in [1.165, 1.54) is 0 Å². The second-order valence-electron chi connectivity index (χ2n) is 8.25. The van der Waals surface area contributed by atoms with Gasteiger partial charge in [-0.2, -0.15) is 5.10 Å². The van der Waals surface area contributed by atoms with Crippen LogP contribution >= 0.6 is 0 Å². The Hall–Kier alpha value is -1.93.